The summed E-state index contributed by atoms with van der Waals surface area (Å²) in [6.07, 6.45) is -5.48. The summed E-state index contributed by atoms with van der Waals surface area (Å²) in [5.74, 6) is -0.380. The molecule has 0 radical (unpaired) electrons. The van der Waals surface area contributed by atoms with Gasteiger partial charge in [-0.05, 0) is 57.4 Å². The molecular formula is C32H45ClF3N5O4. The first-order valence-electron chi connectivity index (χ1n) is 14.5. The van der Waals surface area contributed by atoms with Gasteiger partial charge in [0.05, 0.1) is 29.9 Å². The van der Waals surface area contributed by atoms with Gasteiger partial charge in [0.2, 0.25) is 0 Å². The maximum atomic E-state index is 13.1. The van der Waals surface area contributed by atoms with Crippen LogP contribution in [0.15, 0.2) is 64.8 Å². The van der Waals surface area contributed by atoms with Crippen LogP contribution in [0.25, 0.3) is 0 Å². The zero-order valence-electron chi connectivity index (χ0n) is 26.6. The van der Waals surface area contributed by atoms with Crippen LogP contribution in [-0.2, 0) is 0 Å². The van der Waals surface area contributed by atoms with Crippen LogP contribution in [0.3, 0.4) is 0 Å². The van der Waals surface area contributed by atoms with E-state index in [0.717, 1.165) is 17.6 Å². The number of hydrogen-bond acceptors (Lipinski definition) is 7. The molecule has 1 aliphatic rings. The molecule has 1 fully saturated rings. The highest BCUT2D eigenvalue weighted by atomic mass is 35.5. The zero-order valence-corrected chi connectivity index (χ0v) is 27.4. The maximum absolute atomic E-state index is 13.1. The third-order valence-corrected chi connectivity index (χ3v) is 7.32. The molecule has 0 aliphatic heterocycles. The van der Waals surface area contributed by atoms with Crippen LogP contribution < -0.4 is 11.1 Å². The van der Waals surface area contributed by atoms with E-state index in [4.69, 9.17) is 27.9 Å². The number of aliphatic imine (C=N–C) groups is 1. The minimum absolute atomic E-state index is 0.0389. The minimum atomic E-state index is -4.53. The van der Waals surface area contributed by atoms with Gasteiger partial charge < -0.3 is 26.4 Å². The van der Waals surface area contributed by atoms with Crippen molar-refractivity contribution in [2.45, 2.75) is 77.7 Å². The van der Waals surface area contributed by atoms with Crippen molar-refractivity contribution in [1.29, 1.82) is 5.41 Å². The van der Waals surface area contributed by atoms with Crippen molar-refractivity contribution >= 4 is 34.9 Å². The Hall–Kier alpha value is -3.45. The fourth-order valence-corrected chi connectivity index (χ4v) is 4.60. The van der Waals surface area contributed by atoms with Crippen LogP contribution >= 0.6 is 11.6 Å². The van der Waals surface area contributed by atoms with Crippen LogP contribution in [0, 0.1) is 12.3 Å². The molecule has 2 aromatic carbocycles. The minimum Gasteiger partial charge on any atom is -0.400 e. The van der Waals surface area contributed by atoms with Gasteiger partial charge in [-0.15, -0.1) is 0 Å². The number of halogens is 4. The van der Waals surface area contributed by atoms with E-state index in [1.54, 1.807) is 48.5 Å². The normalized spacial score (nSPS) is 18.6. The lowest BCUT2D eigenvalue weighted by Gasteiger charge is -2.43. The number of amidine groups is 1. The number of benzene rings is 2. The summed E-state index contributed by atoms with van der Waals surface area (Å²) in [7, 11) is 1.00. The molecule has 1 aliphatic carbocycles. The average molecular weight is 656 g/mol. The van der Waals surface area contributed by atoms with Crippen molar-refractivity contribution in [1.82, 2.24) is 10.2 Å². The Kier molecular flexibility index (Phi) is 15.2. The Morgan fingerprint density at radius 1 is 1.16 bits per heavy atom. The van der Waals surface area contributed by atoms with Gasteiger partial charge in [-0.3, -0.25) is 15.3 Å². The van der Waals surface area contributed by atoms with Crippen LogP contribution in [0.2, 0.25) is 5.02 Å². The number of aryl methyl sites for hydroxylation is 1. The highest BCUT2D eigenvalue weighted by molar-refractivity contribution is 6.30. The Labute approximate surface area is 268 Å². The summed E-state index contributed by atoms with van der Waals surface area (Å²) in [5.41, 5.74) is 6.20. The fourth-order valence-electron chi connectivity index (χ4n) is 4.42. The number of aliphatic hydroxyl groups excluding tert-OH is 1. The van der Waals surface area contributed by atoms with Gasteiger partial charge in [0.15, 0.2) is 0 Å². The second kappa shape index (κ2) is 17.3. The topological polar surface area (TPSA) is 155 Å². The second-order valence-corrected chi connectivity index (χ2v) is 11.1. The molecule has 0 saturated heterocycles. The van der Waals surface area contributed by atoms with Gasteiger partial charge in [0.1, 0.15) is 5.84 Å². The van der Waals surface area contributed by atoms with E-state index in [0.29, 0.717) is 22.0 Å². The fraction of sp³-hybridized carbons (Fsp3) is 0.469. The van der Waals surface area contributed by atoms with Crippen LogP contribution in [0.4, 0.5) is 23.7 Å². The molecule has 3 rings (SSSR count). The third-order valence-electron chi connectivity index (χ3n) is 7.08. The average Bonchev–Trinajstić information content (AvgIpc) is 2.97. The van der Waals surface area contributed by atoms with E-state index >= 15 is 0 Å². The Morgan fingerprint density at radius 3 is 2.29 bits per heavy atom. The molecule has 0 aromatic heterocycles. The summed E-state index contributed by atoms with van der Waals surface area (Å²) < 4.78 is 39.1. The number of carbonyl (C=O) groups is 1. The monoisotopic (exact) mass is 655 g/mol. The summed E-state index contributed by atoms with van der Waals surface area (Å²) >= 11 is 6.10. The molecule has 9 nitrogen and oxygen atoms in total. The number of rotatable bonds is 7. The number of aliphatic hydroxyl groups is 3. The van der Waals surface area contributed by atoms with Gasteiger partial charge in [-0.25, -0.2) is 4.79 Å². The molecular weight excluding hydrogens is 611 g/mol. The van der Waals surface area contributed by atoms with Crippen molar-refractivity contribution in [2.75, 3.05) is 20.2 Å². The van der Waals surface area contributed by atoms with E-state index in [2.05, 4.69) is 10.3 Å². The number of hydrogen-bond donors (Lipinski definition) is 6. The lowest BCUT2D eigenvalue weighted by Crippen LogP contribution is -2.53. The van der Waals surface area contributed by atoms with Crippen molar-refractivity contribution < 1.29 is 33.3 Å². The molecule has 13 heteroatoms. The van der Waals surface area contributed by atoms with E-state index < -0.39 is 36.4 Å². The smallest absolute Gasteiger partial charge is 0.390 e. The van der Waals surface area contributed by atoms with Crippen LogP contribution in [0.5, 0.6) is 0 Å². The number of urea groups is 1. The summed E-state index contributed by atoms with van der Waals surface area (Å²) in [5, 5.41) is 40.2. The van der Waals surface area contributed by atoms with Gasteiger partial charge in [0, 0.05) is 42.1 Å². The van der Waals surface area contributed by atoms with Gasteiger partial charge in [-0.2, -0.15) is 13.2 Å². The summed E-state index contributed by atoms with van der Waals surface area (Å²) in [6, 6.07) is 12.3. The predicted octanol–water partition coefficient (Wildman–Crippen LogP) is 6.24. The molecule has 1 atom stereocenters. The molecule has 1 unspecified atom stereocenters. The molecule has 0 heterocycles. The highest BCUT2D eigenvalue weighted by Crippen LogP contribution is 2.39. The quantitative estimate of drug-likeness (QED) is 0.154. The van der Waals surface area contributed by atoms with E-state index in [-0.39, 0.29) is 42.9 Å². The predicted molar refractivity (Wildman–Crippen MR) is 173 cm³/mol. The first-order chi connectivity index (χ1) is 21.0. The third kappa shape index (κ3) is 11.8. The Bertz CT molecular complexity index is 1340. The lowest BCUT2D eigenvalue weighted by atomic mass is 9.71. The number of nitrogens with two attached hydrogens (primary N) is 1. The molecule has 250 valence electrons. The van der Waals surface area contributed by atoms with E-state index in [1.165, 1.54) is 13.8 Å². The van der Waals surface area contributed by atoms with Crippen LogP contribution in [0.1, 0.15) is 64.5 Å². The maximum Gasteiger partial charge on any atom is 0.390 e. The number of alkyl halides is 3. The number of carbonyl (C=O) groups excluding carboxylic acids is 1. The molecule has 45 heavy (non-hydrogen) atoms. The second-order valence-electron chi connectivity index (χ2n) is 10.7. The molecule has 1 saturated carbocycles. The van der Waals surface area contributed by atoms with Crippen molar-refractivity contribution in [3.8, 4) is 0 Å². The molecule has 2 amide bonds. The molecule has 0 bridgehead atoms. The first kappa shape index (κ1) is 39.6. The van der Waals surface area contributed by atoms with E-state index in [1.807, 2.05) is 20.8 Å². The number of allylic oxidation sites excluding steroid dienone is 1. The lowest BCUT2D eigenvalue weighted by molar-refractivity contribution is -0.135. The van der Waals surface area contributed by atoms with Crippen molar-refractivity contribution in [3.05, 3.63) is 76.0 Å². The highest BCUT2D eigenvalue weighted by Gasteiger charge is 2.46. The van der Waals surface area contributed by atoms with Gasteiger partial charge in [0.25, 0.3) is 0 Å². The summed E-state index contributed by atoms with van der Waals surface area (Å²) in [4.78, 5) is 18.4. The first-order valence-corrected chi connectivity index (χ1v) is 14.8. The SMILES string of the molecule is CC.CO.Cc1ccc(C(=N)N(CCC(F)(F)F)C(=O)NC/C(N)=C2\CCC(O)(C(C)(C)O)CC2=Nc2cccc(Cl)c2)cc1. The van der Waals surface area contributed by atoms with Crippen LogP contribution in [-0.4, -0.2) is 75.4 Å². The molecule has 7 N–H and O–H groups in total. The number of amides is 2. The standard InChI is InChI=1S/C29H35ClF3N5O3.C2H6.CH4O/c1-18-7-9-19(10-8-18)25(35)38(14-13-29(31,32)33)26(39)36-17-23(34)22-11-12-28(41,27(2,3)40)16-24(22)37-21-6-4-5-20(30)15-21;2*1-2/h4-10,15,35,40-41H,11-14,16-17,34H2,1-3H3,(H,36,39);1-2H3;2H,1H3/b23-22-,35-25?,37-24?;;. The Balaban J connectivity index is 0.00000243. The summed E-state index contributed by atoms with van der Waals surface area (Å²) in [6.45, 7) is 7.84. The largest absolute Gasteiger partial charge is 0.400 e. The van der Waals surface area contributed by atoms with Crippen molar-refractivity contribution in [2.24, 2.45) is 10.7 Å². The number of nitrogens with zero attached hydrogens (tertiary/aromatic N) is 2. The number of nitrogens with one attached hydrogen (secondary N) is 2. The van der Waals surface area contributed by atoms with Crippen molar-refractivity contribution in [3.63, 3.8) is 0 Å². The molecule has 2 aromatic rings. The molecule has 0 spiro atoms. The van der Waals surface area contributed by atoms with Gasteiger partial charge in [-0.1, -0.05) is 61.3 Å². The Morgan fingerprint density at radius 2 is 1.76 bits per heavy atom. The zero-order chi connectivity index (χ0) is 34.6. The van der Waals surface area contributed by atoms with E-state index in [9.17, 15) is 28.2 Å². The van der Waals surface area contributed by atoms with Gasteiger partial charge >= 0.3 is 12.2 Å².